The summed E-state index contributed by atoms with van der Waals surface area (Å²) in [6, 6.07) is 9.65. The van der Waals surface area contributed by atoms with Gasteiger partial charge in [0.15, 0.2) is 0 Å². The van der Waals surface area contributed by atoms with E-state index in [4.69, 9.17) is 0 Å². The highest BCUT2D eigenvalue weighted by Crippen LogP contribution is 2.17. The van der Waals surface area contributed by atoms with Crippen molar-refractivity contribution in [2.45, 2.75) is 27.2 Å². The molecule has 1 aromatic heterocycles. The van der Waals surface area contributed by atoms with Crippen molar-refractivity contribution in [1.82, 2.24) is 19.4 Å². The van der Waals surface area contributed by atoms with Gasteiger partial charge in [-0.2, -0.15) is 5.10 Å². The molecule has 0 saturated heterocycles. The van der Waals surface area contributed by atoms with Gasteiger partial charge in [-0.05, 0) is 39.3 Å². The van der Waals surface area contributed by atoms with Crippen molar-refractivity contribution in [3.05, 3.63) is 47.3 Å². The van der Waals surface area contributed by atoms with Crippen LogP contribution in [-0.2, 0) is 10.0 Å². The first kappa shape index (κ1) is 20.1. The predicted molar refractivity (Wildman–Crippen MR) is 102 cm³/mol. The zero-order chi connectivity index (χ0) is 19.3. The van der Waals surface area contributed by atoms with E-state index in [0.29, 0.717) is 30.8 Å². The van der Waals surface area contributed by atoms with Crippen LogP contribution in [0.15, 0.2) is 30.3 Å². The van der Waals surface area contributed by atoms with E-state index in [-0.39, 0.29) is 11.7 Å². The lowest BCUT2D eigenvalue weighted by atomic mass is 10.2. The van der Waals surface area contributed by atoms with Crippen molar-refractivity contribution in [2.24, 2.45) is 0 Å². The molecule has 0 aliphatic heterocycles. The van der Waals surface area contributed by atoms with Gasteiger partial charge in [0.2, 0.25) is 10.0 Å². The summed E-state index contributed by atoms with van der Waals surface area (Å²) < 4.78 is 26.5. The van der Waals surface area contributed by atoms with E-state index >= 15 is 0 Å². The first-order valence-electron chi connectivity index (χ1n) is 8.61. The minimum atomic E-state index is -3.18. The van der Waals surface area contributed by atoms with E-state index in [9.17, 15) is 13.2 Å². The average molecular weight is 378 g/mol. The van der Waals surface area contributed by atoms with Crippen LogP contribution in [0, 0.1) is 13.8 Å². The van der Waals surface area contributed by atoms with Gasteiger partial charge in [-0.25, -0.2) is 17.4 Å². The summed E-state index contributed by atoms with van der Waals surface area (Å²) in [5.74, 6) is -0.115. The lowest BCUT2D eigenvalue weighted by Gasteiger charge is -2.15. The highest BCUT2D eigenvalue weighted by Gasteiger charge is 2.19. The van der Waals surface area contributed by atoms with E-state index in [1.807, 2.05) is 44.2 Å². The molecule has 142 valence electrons. The number of carbonyl (C=O) groups is 1. The van der Waals surface area contributed by atoms with Crippen LogP contribution < -0.4 is 5.32 Å². The van der Waals surface area contributed by atoms with E-state index in [2.05, 4.69) is 10.4 Å². The minimum Gasteiger partial charge on any atom is -0.352 e. The van der Waals surface area contributed by atoms with Gasteiger partial charge < -0.3 is 5.32 Å². The zero-order valence-electron chi connectivity index (χ0n) is 15.7. The molecule has 1 aromatic carbocycles. The van der Waals surface area contributed by atoms with Gasteiger partial charge in [0, 0.05) is 20.1 Å². The third kappa shape index (κ3) is 4.50. The number of sulfonamides is 1. The van der Waals surface area contributed by atoms with Crippen LogP contribution in [0.3, 0.4) is 0 Å². The van der Waals surface area contributed by atoms with E-state index in [0.717, 1.165) is 11.4 Å². The third-order valence-corrected chi connectivity index (χ3v) is 6.16. The van der Waals surface area contributed by atoms with Crippen molar-refractivity contribution in [2.75, 3.05) is 25.9 Å². The van der Waals surface area contributed by atoms with Crippen LogP contribution in [0.5, 0.6) is 0 Å². The molecule has 0 aliphatic carbocycles. The monoisotopic (exact) mass is 378 g/mol. The van der Waals surface area contributed by atoms with Gasteiger partial charge in [-0.1, -0.05) is 18.2 Å². The Balaban J connectivity index is 1.99. The Morgan fingerprint density at radius 1 is 1.23 bits per heavy atom. The number of rotatable bonds is 8. The molecule has 8 heteroatoms. The topological polar surface area (TPSA) is 84.3 Å². The molecule has 2 aromatic rings. The Hall–Kier alpha value is -2.19. The van der Waals surface area contributed by atoms with Crippen molar-refractivity contribution in [3.8, 4) is 5.69 Å². The van der Waals surface area contributed by atoms with Crippen molar-refractivity contribution < 1.29 is 13.2 Å². The van der Waals surface area contributed by atoms with Gasteiger partial charge >= 0.3 is 0 Å². The number of benzene rings is 1. The number of nitrogens with zero attached hydrogens (tertiary/aromatic N) is 3. The third-order valence-electron chi connectivity index (χ3n) is 4.29. The summed E-state index contributed by atoms with van der Waals surface area (Å²) in [7, 11) is -1.63. The molecule has 0 aliphatic rings. The largest absolute Gasteiger partial charge is 0.352 e. The fourth-order valence-electron chi connectivity index (χ4n) is 2.74. The molecule has 1 heterocycles. The first-order chi connectivity index (χ1) is 12.3. The lowest BCUT2D eigenvalue weighted by Crippen LogP contribution is -2.32. The molecular weight excluding hydrogens is 352 g/mol. The van der Waals surface area contributed by atoms with Crippen LogP contribution in [-0.4, -0.2) is 54.3 Å². The second-order valence-corrected chi connectivity index (χ2v) is 8.49. The molecule has 0 atom stereocenters. The Bertz CT molecular complexity index is 860. The summed E-state index contributed by atoms with van der Waals surface area (Å²) in [6.07, 6.45) is 0.548. The quantitative estimate of drug-likeness (QED) is 0.711. The van der Waals surface area contributed by atoms with Crippen LogP contribution in [0.25, 0.3) is 5.69 Å². The number of amides is 1. The summed E-state index contributed by atoms with van der Waals surface area (Å²) >= 11 is 0. The molecule has 2 rings (SSSR count). The number of aryl methyl sites for hydroxylation is 1. The summed E-state index contributed by atoms with van der Waals surface area (Å²) in [4.78, 5) is 12.5. The number of hydrogen-bond donors (Lipinski definition) is 1. The van der Waals surface area contributed by atoms with Gasteiger partial charge in [0.1, 0.15) is 0 Å². The Kier molecular flexibility index (Phi) is 6.55. The van der Waals surface area contributed by atoms with E-state index in [1.54, 1.807) is 18.7 Å². The number of carbonyl (C=O) groups excluding carboxylic acids is 1. The smallest absolute Gasteiger partial charge is 0.255 e. The molecule has 1 amide bonds. The fraction of sp³-hybridized carbons (Fsp3) is 0.444. The minimum absolute atomic E-state index is 0.0763. The van der Waals surface area contributed by atoms with Crippen molar-refractivity contribution in [3.63, 3.8) is 0 Å². The number of nitrogens with one attached hydrogen (secondary N) is 1. The number of para-hydroxylation sites is 1. The molecule has 0 saturated carbocycles. The Labute approximate surface area is 155 Å². The maximum Gasteiger partial charge on any atom is 0.255 e. The first-order valence-corrected chi connectivity index (χ1v) is 10.2. The van der Waals surface area contributed by atoms with Crippen LogP contribution in [0.4, 0.5) is 0 Å². The lowest BCUT2D eigenvalue weighted by molar-refractivity contribution is 0.0951. The van der Waals surface area contributed by atoms with Gasteiger partial charge in [0.05, 0.1) is 28.4 Å². The molecule has 7 nitrogen and oxygen atoms in total. The molecule has 26 heavy (non-hydrogen) atoms. The molecule has 1 N–H and O–H groups in total. The normalized spacial score (nSPS) is 11.7. The molecule has 0 radical (unpaired) electrons. The van der Waals surface area contributed by atoms with Gasteiger partial charge in [-0.3, -0.25) is 4.79 Å². The second kappa shape index (κ2) is 8.46. The highest BCUT2D eigenvalue weighted by molar-refractivity contribution is 7.89. The van der Waals surface area contributed by atoms with Crippen LogP contribution >= 0.6 is 0 Å². The Morgan fingerprint density at radius 2 is 1.88 bits per heavy atom. The maximum atomic E-state index is 12.5. The fourth-order valence-corrected chi connectivity index (χ4v) is 3.59. The van der Waals surface area contributed by atoms with Crippen molar-refractivity contribution in [1.29, 1.82) is 0 Å². The van der Waals surface area contributed by atoms with Crippen LogP contribution in [0.2, 0.25) is 0 Å². The summed E-state index contributed by atoms with van der Waals surface area (Å²) in [5.41, 5.74) is 2.90. The standard InChI is InChI=1S/C18H26N4O3S/c1-5-26(24,25)21(4)13-9-12-19-18(23)17-14(2)20-22(15(17)3)16-10-7-6-8-11-16/h6-8,10-11H,5,9,12-13H2,1-4H3,(H,19,23). The summed E-state index contributed by atoms with van der Waals surface area (Å²) in [5, 5.41) is 7.33. The maximum absolute atomic E-state index is 12.5. The number of hydrogen-bond acceptors (Lipinski definition) is 4. The van der Waals surface area contributed by atoms with Crippen molar-refractivity contribution >= 4 is 15.9 Å². The second-order valence-electron chi connectivity index (χ2n) is 6.12. The van der Waals surface area contributed by atoms with Gasteiger partial charge in [0.25, 0.3) is 5.91 Å². The molecule has 0 bridgehead atoms. The SMILES string of the molecule is CCS(=O)(=O)N(C)CCCNC(=O)c1c(C)nn(-c2ccccc2)c1C. The highest BCUT2D eigenvalue weighted by atomic mass is 32.2. The average Bonchev–Trinajstić information content (AvgIpc) is 2.93. The molecule has 0 fully saturated rings. The van der Waals surface area contributed by atoms with Gasteiger partial charge in [-0.15, -0.1) is 0 Å². The van der Waals surface area contributed by atoms with E-state index < -0.39 is 10.0 Å². The Morgan fingerprint density at radius 3 is 2.50 bits per heavy atom. The summed E-state index contributed by atoms with van der Waals surface area (Å²) in [6.45, 7) is 6.06. The number of aromatic nitrogens is 2. The molecular formula is C18H26N4O3S. The molecule has 0 spiro atoms. The van der Waals surface area contributed by atoms with Crippen LogP contribution in [0.1, 0.15) is 35.1 Å². The molecule has 0 unspecified atom stereocenters. The van der Waals surface area contributed by atoms with E-state index in [1.165, 1.54) is 4.31 Å². The predicted octanol–water partition coefficient (Wildman–Crippen LogP) is 1.89. The zero-order valence-corrected chi connectivity index (χ0v) is 16.5.